The molecule has 1 unspecified atom stereocenters. The Kier molecular flexibility index (Phi) is 5.63. The minimum Gasteiger partial charge on any atom is -0.260 e. The summed E-state index contributed by atoms with van der Waals surface area (Å²) in [5.41, 5.74) is 6.91. The van der Waals surface area contributed by atoms with Gasteiger partial charge in [-0.05, 0) is 60.8 Å². The molecular weight excluding hydrogens is 400 g/mol. The van der Waals surface area contributed by atoms with Gasteiger partial charge in [0.25, 0.3) is 0 Å². The Morgan fingerprint density at radius 3 is 2.76 bits per heavy atom. The predicted molar refractivity (Wildman–Crippen MR) is 124 cm³/mol. The Hall–Kier alpha value is -1.98. The van der Waals surface area contributed by atoms with E-state index in [1.807, 2.05) is 42.5 Å². The first-order valence-electron chi connectivity index (χ1n) is 10.2. The lowest BCUT2D eigenvalue weighted by atomic mass is 9.69. The van der Waals surface area contributed by atoms with Gasteiger partial charge in [-0.2, -0.15) is 5.10 Å². The molecule has 0 radical (unpaired) electrons. The lowest BCUT2D eigenvalue weighted by Gasteiger charge is -2.36. The van der Waals surface area contributed by atoms with Gasteiger partial charge in [0.05, 0.1) is 11.1 Å². The maximum absolute atomic E-state index is 5.99. The van der Waals surface area contributed by atoms with Crippen molar-refractivity contribution in [3.05, 3.63) is 51.6 Å². The van der Waals surface area contributed by atoms with Crippen molar-refractivity contribution in [3.63, 3.8) is 0 Å². The van der Waals surface area contributed by atoms with Gasteiger partial charge in [0.1, 0.15) is 11.2 Å². The van der Waals surface area contributed by atoms with Crippen LogP contribution in [0.3, 0.4) is 0 Å². The van der Waals surface area contributed by atoms with E-state index in [1.54, 1.807) is 6.33 Å². The summed E-state index contributed by atoms with van der Waals surface area (Å²) in [6, 6.07) is 7.71. The van der Waals surface area contributed by atoms with E-state index in [1.165, 1.54) is 23.3 Å². The number of rotatable bonds is 5. The molecule has 1 aromatic carbocycles. The van der Waals surface area contributed by atoms with E-state index in [2.05, 4.69) is 41.3 Å². The Morgan fingerprint density at radius 2 is 2.03 bits per heavy atom. The second kappa shape index (κ2) is 8.04. The van der Waals surface area contributed by atoms with Crippen molar-refractivity contribution in [2.75, 3.05) is 5.43 Å². The summed E-state index contributed by atoms with van der Waals surface area (Å²) in [5.74, 6) is 1.49. The zero-order chi connectivity index (χ0) is 20.6. The number of hydrazone groups is 1. The highest BCUT2D eigenvalue weighted by Gasteiger charge is 2.33. The van der Waals surface area contributed by atoms with Crippen LogP contribution in [0.2, 0.25) is 5.02 Å². The van der Waals surface area contributed by atoms with Gasteiger partial charge in [0, 0.05) is 9.90 Å². The fourth-order valence-electron chi connectivity index (χ4n) is 4.04. The molecule has 3 aromatic rings. The summed E-state index contributed by atoms with van der Waals surface area (Å²) < 4.78 is 0. The number of anilines is 1. The smallest absolute Gasteiger partial charge is 0.158 e. The Bertz CT molecular complexity index is 1050. The lowest BCUT2D eigenvalue weighted by Crippen LogP contribution is -2.28. The van der Waals surface area contributed by atoms with Gasteiger partial charge in [0.2, 0.25) is 0 Å². The van der Waals surface area contributed by atoms with E-state index in [0.29, 0.717) is 11.3 Å². The number of benzene rings is 1. The third kappa shape index (κ3) is 4.03. The topological polar surface area (TPSA) is 50.2 Å². The van der Waals surface area contributed by atoms with Crippen LogP contribution in [0, 0.1) is 11.3 Å². The van der Waals surface area contributed by atoms with Crippen molar-refractivity contribution in [2.45, 2.75) is 53.4 Å². The van der Waals surface area contributed by atoms with Gasteiger partial charge < -0.3 is 0 Å². The summed E-state index contributed by atoms with van der Waals surface area (Å²) >= 11 is 7.80. The molecule has 29 heavy (non-hydrogen) atoms. The number of fused-ring (bicyclic) bond motifs is 3. The van der Waals surface area contributed by atoms with Gasteiger partial charge in [-0.3, -0.25) is 5.43 Å². The van der Waals surface area contributed by atoms with Crippen LogP contribution in [0.25, 0.3) is 10.2 Å². The third-order valence-corrected chi connectivity index (χ3v) is 7.90. The van der Waals surface area contributed by atoms with Crippen LogP contribution in [-0.2, 0) is 12.8 Å². The molecule has 0 spiro atoms. The van der Waals surface area contributed by atoms with E-state index >= 15 is 0 Å². The van der Waals surface area contributed by atoms with Crippen molar-refractivity contribution in [3.8, 4) is 0 Å². The molecule has 1 aliphatic carbocycles. The maximum Gasteiger partial charge on any atom is 0.158 e. The van der Waals surface area contributed by atoms with Crippen LogP contribution in [0.1, 0.15) is 56.5 Å². The maximum atomic E-state index is 5.99. The van der Waals surface area contributed by atoms with Crippen molar-refractivity contribution in [1.29, 1.82) is 0 Å². The van der Waals surface area contributed by atoms with Gasteiger partial charge in [-0.25, -0.2) is 9.97 Å². The second-order valence-corrected chi connectivity index (χ2v) is 10.0. The van der Waals surface area contributed by atoms with Crippen LogP contribution in [0.4, 0.5) is 5.82 Å². The van der Waals surface area contributed by atoms with Crippen LogP contribution >= 0.6 is 22.9 Å². The predicted octanol–water partition coefficient (Wildman–Crippen LogP) is 6.72. The average Bonchev–Trinajstić information content (AvgIpc) is 3.11. The number of aryl methyl sites for hydroxylation is 1. The number of hydrogen-bond donors (Lipinski definition) is 1. The van der Waals surface area contributed by atoms with Crippen molar-refractivity contribution in [2.24, 2.45) is 16.4 Å². The van der Waals surface area contributed by atoms with Crippen LogP contribution in [0.15, 0.2) is 35.7 Å². The highest BCUT2D eigenvalue weighted by Crippen LogP contribution is 2.45. The van der Waals surface area contributed by atoms with E-state index in [4.69, 9.17) is 11.6 Å². The van der Waals surface area contributed by atoms with Gasteiger partial charge in [-0.15, -0.1) is 11.3 Å². The zero-order valence-electron chi connectivity index (χ0n) is 17.4. The fraction of sp³-hybridized carbons (Fsp3) is 0.435. The molecule has 2 heterocycles. The second-order valence-electron chi connectivity index (χ2n) is 8.50. The molecule has 1 atom stereocenters. The van der Waals surface area contributed by atoms with E-state index < -0.39 is 0 Å². The monoisotopic (exact) mass is 426 g/mol. The molecule has 4 nitrogen and oxygen atoms in total. The zero-order valence-corrected chi connectivity index (χ0v) is 19.0. The van der Waals surface area contributed by atoms with Crippen molar-refractivity contribution >= 4 is 44.7 Å². The largest absolute Gasteiger partial charge is 0.260 e. The molecule has 1 N–H and O–H groups in total. The quantitative estimate of drug-likeness (QED) is 0.363. The summed E-state index contributed by atoms with van der Waals surface area (Å²) in [6.45, 7) is 9.07. The number of hydrogen-bond acceptors (Lipinski definition) is 5. The normalized spacial score (nSPS) is 17.4. The van der Waals surface area contributed by atoms with E-state index in [9.17, 15) is 0 Å². The van der Waals surface area contributed by atoms with Crippen molar-refractivity contribution in [1.82, 2.24) is 9.97 Å². The van der Waals surface area contributed by atoms with E-state index in [-0.39, 0.29) is 0 Å². The molecule has 0 fully saturated rings. The number of halogens is 1. The molecule has 4 rings (SSSR count). The highest BCUT2D eigenvalue weighted by molar-refractivity contribution is 7.19. The first kappa shape index (κ1) is 20.3. The summed E-state index contributed by atoms with van der Waals surface area (Å²) in [7, 11) is 0. The first-order valence-corrected chi connectivity index (χ1v) is 11.4. The molecule has 1 aliphatic rings. The molecule has 0 saturated carbocycles. The Morgan fingerprint density at radius 1 is 1.28 bits per heavy atom. The number of nitrogens with zero attached hydrogens (tertiary/aromatic N) is 3. The molecule has 0 bridgehead atoms. The SMILES string of the molecule is CCC(C)(C)C1CCc2sc3ncnc(NN=C(C)c4ccc(Cl)cc4)c3c2C1. The van der Waals surface area contributed by atoms with E-state index in [0.717, 1.165) is 45.2 Å². The molecule has 0 amide bonds. The third-order valence-electron chi connectivity index (χ3n) is 6.45. The number of aromatic nitrogens is 2. The standard InChI is InChI=1S/C23H27ClN4S/c1-5-23(3,4)16-8-11-19-18(12-16)20-21(25-13-26-22(20)29-19)28-27-14(2)15-6-9-17(24)10-7-15/h6-7,9-10,13,16H,5,8,11-12H2,1-4H3,(H,25,26,28). The molecule has 0 saturated heterocycles. The first-order chi connectivity index (χ1) is 13.9. The molecular formula is C23H27ClN4S. The highest BCUT2D eigenvalue weighted by atomic mass is 35.5. The average molecular weight is 427 g/mol. The minimum absolute atomic E-state index is 0.346. The summed E-state index contributed by atoms with van der Waals surface area (Å²) in [6.07, 6.45) is 6.31. The summed E-state index contributed by atoms with van der Waals surface area (Å²) in [4.78, 5) is 11.6. The van der Waals surface area contributed by atoms with Crippen molar-refractivity contribution < 1.29 is 0 Å². The molecule has 0 aliphatic heterocycles. The van der Waals surface area contributed by atoms with Crippen LogP contribution < -0.4 is 5.43 Å². The fourth-order valence-corrected chi connectivity index (χ4v) is 5.35. The Labute approximate surface area is 181 Å². The number of thiophene rings is 1. The minimum atomic E-state index is 0.346. The lowest BCUT2D eigenvalue weighted by molar-refractivity contribution is 0.184. The van der Waals surface area contributed by atoms with Crippen LogP contribution in [-0.4, -0.2) is 15.7 Å². The van der Waals surface area contributed by atoms with Gasteiger partial charge >= 0.3 is 0 Å². The van der Waals surface area contributed by atoms with Crippen LogP contribution in [0.5, 0.6) is 0 Å². The summed E-state index contributed by atoms with van der Waals surface area (Å²) in [5, 5.41) is 6.47. The number of nitrogens with one attached hydrogen (secondary N) is 1. The molecule has 6 heteroatoms. The molecule has 152 valence electrons. The molecule has 2 aromatic heterocycles. The van der Waals surface area contributed by atoms with Gasteiger partial charge in [0.15, 0.2) is 5.82 Å². The Balaban J connectivity index is 1.67. The van der Waals surface area contributed by atoms with Gasteiger partial charge in [-0.1, -0.05) is 50.9 Å².